The minimum absolute atomic E-state index is 0.212. The zero-order valence-corrected chi connectivity index (χ0v) is 19.9. The fraction of sp³-hybridized carbons (Fsp3) is 0.321. The van der Waals surface area contributed by atoms with Gasteiger partial charge in [0.2, 0.25) is 0 Å². The van der Waals surface area contributed by atoms with Crippen molar-refractivity contribution in [3.8, 4) is 11.8 Å². The Labute approximate surface area is 208 Å². The van der Waals surface area contributed by atoms with Crippen LogP contribution in [0.2, 0.25) is 0 Å². The largest absolute Gasteiger partial charge is 0.380 e. The van der Waals surface area contributed by atoms with Gasteiger partial charge < -0.3 is 19.6 Å². The van der Waals surface area contributed by atoms with Gasteiger partial charge in [0.15, 0.2) is 0 Å². The lowest BCUT2D eigenvalue weighted by Gasteiger charge is -2.17. The fourth-order valence-corrected chi connectivity index (χ4v) is 4.97. The van der Waals surface area contributed by atoms with E-state index in [0.717, 1.165) is 40.9 Å². The summed E-state index contributed by atoms with van der Waals surface area (Å²) >= 11 is 0. The molecule has 4 aromatic rings. The number of hydrogen-bond acceptors (Lipinski definition) is 4. The van der Waals surface area contributed by atoms with Gasteiger partial charge in [-0.3, -0.25) is 4.79 Å². The average Bonchev–Trinajstić information content (AvgIpc) is 3.65. The van der Waals surface area contributed by atoms with Gasteiger partial charge >= 0.3 is 0 Å². The van der Waals surface area contributed by atoms with Crippen molar-refractivity contribution in [3.05, 3.63) is 82.8 Å². The van der Waals surface area contributed by atoms with Crippen molar-refractivity contribution in [2.24, 2.45) is 5.92 Å². The van der Waals surface area contributed by atoms with Crippen molar-refractivity contribution >= 4 is 16.8 Å². The molecule has 6 rings (SSSR count). The number of amides is 1. The monoisotopic (exact) mass is 483 g/mol. The SMILES string of the molecule is Cc1cc(C#CC2CCOC2)cc(C(=O)NC(c2cc3ccccc3[nH]2)c2ncn3c2C[C@@H](F)C3)n1. The van der Waals surface area contributed by atoms with Crippen LogP contribution in [0.1, 0.15) is 51.3 Å². The number of para-hydroxylation sites is 1. The highest BCUT2D eigenvalue weighted by Crippen LogP contribution is 2.30. The first-order valence-electron chi connectivity index (χ1n) is 12.2. The predicted molar refractivity (Wildman–Crippen MR) is 133 cm³/mol. The highest BCUT2D eigenvalue weighted by Gasteiger charge is 2.31. The van der Waals surface area contributed by atoms with Crippen LogP contribution in [0.25, 0.3) is 10.9 Å². The van der Waals surface area contributed by atoms with Crippen LogP contribution in [0.3, 0.4) is 0 Å². The molecule has 3 atom stereocenters. The number of fused-ring (bicyclic) bond motifs is 2. The van der Waals surface area contributed by atoms with Crippen LogP contribution in [0.15, 0.2) is 48.8 Å². The van der Waals surface area contributed by atoms with Gasteiger partial charge in [0, 0.05) is 47.1 Å². The lowest BCUT2D eigenvalue weighted by molar-refractivity contribution is 0.0936. The van der Waals surface area contributed by atoms with Crippen LogP contribution in [-0.2, 0) is 17.7 Å². The molecule has 7 nitrogen and oxygen atoms in total. The van der Waals surface area contributed by atoms with Crippen molar-refractivity contribution in [2.75, 3.05) is 13.2 Å². The summed E-state index contributed by atoms with van der Waals surface area (Å²) in [5.74, 6) is 6.29. The van der Waals surface area contributed by atoms with Gasteiger partial charge in [-0.05, 0) is 43.0 Å². The van der Waals surface area contributed by atoms with Gasteiger partial charge in [0.1, 0.15) is 17.9 Å². The molecule has 36 heavy (non-hydrogen) atoms. The summed E-state index contributed by atoms with van der Waals surface area (Å²) in [4.78, 5) is 26.0. The summed E-state index contributed by atoms with van der Waals surface area (Å²) in [6.45, 7) is 3.51. The number of nitrogens with zero attached hydrogens (tertiary/aromatic N) is 3. The number of aromatic nitrogens is 4. The number of rotatable bonds is 4. The van der Waals surface area contributed by atoms with Crippen molar-refractivity contribution < 1.29 is 13.9 Å². The van der Waals surface area contributed by atoms with E-state index >= 15 is 0 Å². The molecule has 1 saturated heterocycles. The maximum Gasteiger partial charge on any atom is 0.270 e. The third-order valence-corrected chi connectivity index (χ3v) is 6.74. The zero-order chi connectivity index (χ0) is 24.6. The highest BCUT2D eigenvalue weighted by atomic mass is 19.1. The van der Waals surface area contributed by atoms with Gasteiger partial charge in [0.25, 0.3) is 5.91 Å². The van der Waals surface area contributed by atoms with E-state index in [1.807, 2.05) is 47.9 Å². The number of H-pyrrole nitrogens is 1. The van der Waals surface area contributed by atoms with E-state index < -0.39 is 12.2 Å². The number of carbonyl (C=O) groups is 1. The number of nitrogens with one attached hydrogen (secondary N) is 2. The number of ether oxygens (including phenoxy) is 1. The molecule has 0 saturated carbocycles. The third kappa shape index (κ3) is 4.38. The summed E-state index contributed by atoms with van der Waals surface area (Å²) in [6, 6.07) is 12.9. The Morgan fingerprint density at radius 3 is 3.03 bits per heavy atom. The molecule has 1 fully saturated rings. The third-order valence-electron chi connectivity index (χ3n) is 6.74. The maximum absolute atomic E-state index is 14.2. The normalized spacial score (nSPS) is 19.6. The molecule has 5 heterocycles. The molecule has 0 aliphatic carbocycles. The number of aryl methyl sites for hydroxylation is 1. The van der Waals surface area contributed by atoms with Gasteiger partial charge in [-0.2, -0.15) is 0 Å². The number of alkyl halides is 1. The molecule has 2 N–H and O–H groups in total. The maximum atomic E-state index is 14.2. The smallest absolute Gasteiger partial charge is 0.270 e. The van der Waals surface area contributed by atoms with Gasteiger partial charge in [-0.15, -0.1) is 0 Å². The van der Waals surface area contributed by atoms with Crippen LogP contribution >= 0.6 is 0 Å². The second-order valence-corrected chi connectivity index (χ2v) is 9.46. The van der Waals surface area contributed by atoms with Crippen molar-refractivity contribution in [3.63, 3.8) is 0 Å². The topological polar surface area (TPSA) is 84.8 Å². The Hall–Kier alpha value is -3.96. The van der Waals surface area contributed by atoms with Crippen LogP contribution in [0, 0.1) is 24.7 Å². The van der Waals surface area contributed by atoms with Crippen molar-refractivity contribution in [2.45, 2.75) is 38.5 Å². The van der Waals surface area contributed by atoms with E-state index in [9.17, 15) is 9.18 Å². The van der Waals surface area contributed by atoms with Gasteiger partial charge in [-0.25, -0.2) is 14.4 Å². The molecule has 0 radical (unpaired) electrons. The zero-order valence-electron chi connectivity index (χ0n) is 19.9. The molecule has 3 aromatic heterocycles. The number of aromatic amines is 1. The predicted octanol–water partition coefficient (Wildman–Crippen LogP) is 3.87. The summed E-state index contributed by atoms with van der Waals surface area (Å²) in [5.41, 5.74) is 4.90. The number of pyridine rings is 1. The summed E-state index contributed by atoms with van der Waals surface area (Å²) in [6.07, 6.45) is 1.89. The van der Waals surface area contributed by atoms with Crippen molar-refractivity contribution in [1.82, 2.24) is 24.8 Å². The number of hydrogen-bond donors (Lipinski definition) is 2. The Bertz CT molecular complexity index is 1470. The van der Waals surface area contributed by atoms with E-state index in [4.69, 9.17) is 4.74 Å². The first-order valence-corrected chi connectivity index (χ1v) is 12.2. The van der Waals surface area contributed by atoms with Crippen LogP contribution < -0.4 is 5.32 Å². The second kappa shape index (κ2) is 9.25. The quantitative estimate of drug-likeness (QED) is 0.432. The lowest BCUT2D eigenvalue weighted by atomic mass is 10.1. The molecule has 2 aliphatic rings. The van der Waals surface area contributed by atoms with E-state index in [-0.39, 0.29) is 30.5 Å². The minimum atomic E-state index is -0.953. The molecule has 182 valence electrons. The Morgan fingerprint density at radius 2 is 2.19 bits per heavy atom. The molecule has 2 aliphatic heterocycles. The number of imidazole rings is 1. The van der Waals surface area contributed by atoms with Gasteiger partial charge in [-0.1, -0.05) is 30.0 Å². The van der Waals surface area contributed by atoms with Crippen LogP contribution in [-0.4, -0.2) is 44.8 Å². The van der Waals surface area contributed by atoms with Crippen molar-refractivity contribution in [1.29, 1.82) is 0 Å². The molecule has 8 heteroatoms. The summed E-state index contributed by atoms with van der Waals surface area (Å²) < 4.78 is 21.4. The molecule has 0 bridgehead atoms. The first-order chi connectivity index (χ1) is 17.5. The molecule has 1 amide bonds. The molecule has 0 spiro atoms. The molecular formula is C28H26FN5O2. The van der Waals surface area contributed by atoms with Crippen LogP contribution in [0.4, 0.5) is 4.39 Å². The summed E-state index contributed by atoms with van der Waals surface area (Å²) in [5, 5.41) is 4.13. The average molecular weight is 484 g/mol. The van der Waals surface area contributed by atoms with E-state index in [2.05, 4.69) is 32.1 Å². The standard InChI is InChI=1S/C28H26FN5O2/c1-17-10-19(7-6-18-8-9-36-15-18)11-24(31-17)28(35)33-26(23-12-20-4-2-3-5-22(20)32-23)27-25-13-21(29)14-34(25)16-30-27/h2-5,10-12,16,18,21,26,32H,8-9,13-15H2,1H3,(H,33,35)/t18?,21-,26?/m1/s1. The van der Waals surface area contributed by atoms with E-state index in [1.54, 1.807) is 12.4 Å². The Morgan fingerprint density at radius 1 is 1.31 bits per heavy atom. The number of carbonyl (C=O) groups excluding carboxylic acids is 1. The molecular weight excluding hydrogens is 457 g/mol. The second-order valence-electron chi connectivity index (χ2n) is 9.46. The van der Waals surface area contributed by atoms with E-state index in [1.165, 1.54) is 0 Å². The summed E-state index contributed by atoms with van der Waals surface area (Å²) in [7, 11) is 0. The number of benzene rings is 1. The highest BCUT2D eigenvalue weighted by molar-refractivity contribution is 5.93. The van der Waals surface area contributed by atoms with E-state index in [0.29, 0.717) is 18.0 Å². The van der Waals surface area contributed by atoms with Gasteiger partial charge in [0.05, 0.1) is 25.2 Å². The first kappa shape index (κ1) is 22.5. The Kier molecular flexibility index (Phi) is 5.78. The Balaban J connectivity index is 1.34. The fourth-order valence-electron chi connectivity index (χ4n) is 4.97. The molecule has 2 unspecified atom stereocenters. The molecule has 1 aromatic carbocycles. The van der Waals surface area contributed by atoms with Crippen LogP contribution in [0.5, 0.6) is 0 Å². The number of halogens is 1. The lowest BCUT2D eigenvalue weighted by Crippen LogP contribution is -2.31. The minimum Gasteiger partial charge on any atom is -0.380 e.